The molecule has 1 aliphatic heterocycles. The van der Waals surface area contributed by atoms with Gasteiger partial charge in [0.1, 0.15) is 0 Å². The van der Waals surface area contributed by atoms with E-state index in [1.165, 1.54) is 6.42 Å². The number of nitrogens with one attached hydrogen (secondary N) is 1. The summed E-state index contributed by atoms with van der Waals surface area (Å²) in [5, 5.41) is 3.06. The summed E-state index contributed by atoms with van der Waals surface area (Å²) >= 11 is 0. The highest BCUT2D eigenvalue weighted by molar-refractivity contribution is 5.74. The van der Waals surface area contributed by atoms with Gasteiger partial charge in [-0.2, -0.15) is 0 Å². The van der Waals surface area contributed by atoms with Crippen LogP contribution >= 0.6 is 0 Å². The van der Waals surface area contributed by atoms with E-state index >= 15 is 0 Å². The van der Waals surface area contributed by atoms with Crippen LogP contribution in [0.3, 0.4) is 0 Å². The van der Waals surface area contributed by atoms with Gasteiger partial charge in [-0.3, -0.25) is 0 Å². The molecule has 4 nitrogen and oxygen atoms in total. The Kier molecular flexibility index (Phi) is 3.46. The van der Waals surface area contributed by atoms with Gasteiger partial charge in [0.15, 0.2) is 0 Å². The molecule has 1 heterocycles. The summed E-state index contributed by atoms with van der Waals surface area (Å²) in [7, 11) is 1.89. The van der Waals surface area contributed by atoms with E-state index in [1.807, 2.05) is 11.9 Å². The lowest BCUT2D eigenvalue weighted by Gasteiger charge is -2.34. The van der Waals surface area contributed by atoms with Gasteiger partial charge in [0, 0.05) is 32.3 Å². The first kappa shape index (κ1) is 10.7. The average molecular weight is 212 g/mol. The second-order valence-corrected chi connectivity index (χ2v) is 4.53. The summed E-state index contributed by atoms with van der Waals surface area (Å²) in [6.07, 6.45) is 5.48. The van der Waals surface area contributed by atoms with Crippen LogP contribution in [0.4, 0.5) is 4.79 Å². The van der Waals surface area contributed by atoms with Gasteiger partial charge in [0.05, 0.1) is 0 Å². The molecule has 0 radical (unpaired) electrons. The SMILES string of the molecule is CN(C(=O)NC1CCC1)C1CCOCC1. The van der Waals surface area contributed by atoms with E-state index in [0.717, 1.165) is 38.9 Å². The van der Waals surface area contributed by atoms with E-state index in [2.05, 4.69) is 5.32 Å². The Balaban J connectivity index is 1.77. The third kappa shape index (κ3) is 2.62. The molecule has 0 aromatic carbocycles. The maximum Gasteiger partial charge on any atom is 0.317 e. The van der Waals surface area contributed by atoms with Crippen LogP contribution in [-0.2, 0) is 4.74 Å². The number of nitrogens with zero attached hydrogens (tertiary/aromatic N) is 1. The van der Waals surface area contributed by atoms with Gasteiger partial charge in [0.2, 0.25) is 0 Å². The maximum absolute atomic E-state index is 11.8. The van der Waals surface area contributed by atoms with Crippen molar-refractivity contribution in [2.45, 2.75) is 44.2 Å². The summed E-state index contributed by atoms with van der Waals surface area (Å²) in [5.74, 6) is 0. The van der Waals surface area contributed by atoms with Crippen molar-refractivity contribution < 1.29 is 9.53 Å². The molecule has 4 heteroatoms. The third-order valence-electron chi connectivity index (χ3n) is 3.49. The van der Waals surface area contributed by atoms with E-state index < -0.39 is 0 Å². The molecule has 15 heavy (non-hydrogen) atoms. The first-order valence-corrected chi connectivity index (χ1v) is 5.88. The van der Waals surface area contributed by atoms with E-state index in [1.54, 1.807) is 0 Å². The summed E-state index contributed by atoms with van der Waals surface area (Å²) in [6.45, 7) is 1.57. The van der Waals surface area contributed by atoms with Crippen molar-refractivity contribution in [2.24, 2.45) is 0 Å². The molecule has 0 unspecified atom stereocenters. The van der Waals surface area contributed by atoms with Crippen molar-refractivity contribution >= 4 is 6.03 Å². The van der Waals surface area contributed by atoms with Crippen molar-refractivity contribution in [3.8, 4) is 0 Å². The predicted molar refractivity (Wildman–Crippen MR) is 57.8 cm³/mol. The van der Waals surface area contributed by atoms with Gasteiger partial charge in [0.25, 0.3) is 0 Å². The first-order valence-electron chi connectivity index (χ1n) is 5.88. The Morgan fingerprint density at radius 1 is 1.27 bits per heavy atom. The summed E-state index contributed by atoms with van der Waals surface area (Å²) in [4.78, 5) is 13.7. The van der Waals surface area contributed by atoms with Gasteiger partial charge in [-0.25, -0.2) is 4.79 Å². The highest BCUT2D eigenvalue weighted by Crippen LogP contribution is 2.19. The molecule has 1 aliphatic carbocycles. The van der Waals surface area contributed by atoms with E-state index in [4.69, 9.17) is 4.74 Å². The topological polar surface area (TPSA) is 41.6 Å². The number of rotatable bonds is 2. The van der Waals surface area contributed by atoms with Crippen LogP contribution in [-0.4, -0.2) is 43.3 Å². The first-order chi connectivity index (χ1) is 7.27. The minimum Gasteiger partial charge on any atom is -0.381 e. The Morgan fingerprint density at radius 3 is 2.47 bits per heavy atom. The van der Waals surface area contributed by atoms with Crippen LogP contribution < -0.4 is 5.32 Å². The molecule has 2 rings (SSSR count). The number of ether oxygens (including phenoxy) is 1. The standard InChI is InChI=1S/C11H20N2O2/c1-13(10-5-7-15-8-6-10)11(14)12-9-3-2-4-9/h9-10H,2-8H2,1H3,(H,12,14). The molecule has 0 spiro atoms. The van der Waals surface area contributed by atoms with Crippen molar-refractivity contribution in [1.29, 1.82) is 0 Å². The molecule has 2 fully saturated rings. The number of amides is 2. The lowest BCUT2D eigenvalue weighted by atomic mass is 9.93. The maximum atomic E-state index is 11.8. The van der Waals surface area contributed by atoms with Gasteiger partial charge in [-0.1, -0.05) is 0 Å². The van der Waals surface area contributed by atoms with E-state index in [-0.39, 0.29) is 6.03 Å². The molecule has 0 atom stereocenters. The summed E-state index contributed by atoms with van der Waals surface area (Å²) < 4.78 is 5.28. The van der Waals surface area contributed by atoms with Gasteiger partial charge < -0.3 is 15.0 Å². The van der Waals surface area contributed by atoms with Crippen LogP contribution in [0, 0.1) is 0 Å². The lowest BCUT2D eigenvalue weighted by molar-refractivity contribution is 0.0517. The van der Waals surface area contributed by atoms with E-state index in [9.17, 15) is 4.79 Å². The molecule has 1 saturated heterocycles. The minimum absolute atomic E-state index is 0.0894. The van der Waals surface area contributed by atoms with Gasteiger partial charge in [-0.05, 0) is 32.1 Å². The molecule has 0 aromatic heterocycles. The number of carbonyl (C=O) groups is 1. The number of hydrogen-bond acceptors (Lipinski definition) is 2. The largest absolute Gasteiger partial charge is 0.381 e. The van der Waals surface area contributed by atoms with Gasteiger partial charge >= 0.3 is 6.03 Å². The molecule has 86 valence electrons. The lowest BCUT2D eigenvalue weighted by Crippen LogP contribution is -2.50. The Morgan fingerprint density at radius 2 is 1.93 bits per heavy atom. The van der Waals surface area contributed by atoms with Crippen LogP contribution in [0.2, 0.25) is 0 Å². The minimum atomic E-state index is 0.0894. The second kappa shape index (κ2) is 4.84. The molecule has 2 aliphatic rings. The molecular formula is C11H20N2O2. The fourth-order valence-electron chi connectivity index (χ4n) is 2.07. The molecule has 0 aromatic rings. The number of carbonyl (C=O) groups excluding carboxylic acids is 1. The monoisotopic (exact) mass is 212 g/mol. The zero-order chi connectivity index (χ0) is 10.7. The van der Waals surface area contributed by atoms with Crippen LogP contribution in [0.15, 0.2) is 0 Å². The second-order valence-electron chi connectivity index (χ2n) is 4.53. The quantitative estimate of drug-likeness (QED) is 0.751. The molecule has 1 N–H and O–H groups in total. The van der Waals surface area contributed by atoms with Crippen molar-refractivity contribution in [3.05, 3.63) is 0 Å². The van der Waals surface area contributed by atoms with Crippen molar-refractivity contribution in [3.63, 3.8) is 0 Å². The normalized spacial score (nSPS) is 23.3. The molecule has 0 bridgehead atoms. The zero-order valence-corrected chi connectivity index (χ0v) is 9.37. The summed E-state index contributed by atoms with van der Waals surface area (Å²) in [6, 6.07) is 0.880. The Hall–Kier alpha value is -0.770. The van der Waals surface area contributed by atoms with Crippen LogP contribution in [0.1, 0.15) is 32.1 Å². The van der Waals surface area contributed by atoms with E-state index in [0.29, 0.717) is 12.1 Å². The third-order valence-corrected chi connectivity index (χ3v) is 3.49. The number of urea groups is 1. The Bertz CT molecular complexity index is 223. The van der Waals surface area contributed by atoms with Crippen molar-refractivity contribution in [1.82, 2.24) is 10.2 Å². The summed E-state index contributed by atoms with van der Waals surface area (Å²) in [5.41, 5.74) is 0. The fourth-order valence-corrected chi connectivity index (χ4v) is 2.07. The molecular weight excluding hydrogens is 192 g/mol. The van der Waals surface area contributed by atoms with Crippen LogP contribution in [0.5, 0.6) is 0 Å². The average Bonchev–Trinajstić information content (AvgIpc) is 2.23. The molecule has 1 saturated carbocycles. The smallest absolute Gasteiger partial charge is 0.317 e. The highest BCUT2D eigenvalue weighted by atomic mass is 16.5. The zero-order valence-electron chi connectivity index (χ0n) is 9.37. The fraction of sp³-hybridized carbons (Fsp3) is 0.909. The number of hydrogen-bond donors (Lipinski definition) is 1. The van der Waals surface area contributed by atoms with Crippen molar-refractivity contribution in [2.75, 3.05) is 20.3 Å². The Labute approximate surface area is 91.0 Å². The van der Waals surface area contributed by atoms with Gasteiger partial charge in [-0.15, -0.1) is 0 Å². The predicted octanol–water partition coefficient (Wildman–Crippen LogP) is 1.36. The highest BCUT2D eigenvalue weighted by Gasteiger charge is 2.25. The molecule has 2 amide bonds. The van der Waals surface area contributed by atoms with Crippen LogP contribution in [0.25, 0.3) is 0 Å².